The second-order valence-electron chi connectivity index (χ2n) is 26.5. The zero-order valence-corrected chi connectivity index (χ0v) is 52.1. The molecule has 0 saturated heterocycles. The molecule has 0 spiro atoms. The highest BCUT2D eigenvalue weighted by molar-refractivity contribution is 7.03. The molecule has 4 aliphatic rings. The summed E-state index contributed by atoms with van der Waals surface area (Å²) in [6.45, 7) is -0.241. The standard InChI is InChI=1S/C90H54B2N4/c1-2-22-55(23-3-1)93-83-40-20-41-84-89(83)91(77-36-16-18-38-81(77)94(84)56-44-47-71-65-30-7-4-24-59(65)62-27-10-13-33-68(62)74(71)50-56)79-53-80-88(54-87(79)93)96(58-46-49-73-67-32-9-6-26-61(67)64-29-12-15-35-70(64)76(73)52-58)86-43-21-42-85-90(86)92(80)78-37-17-19-39-82(78)95(85)57-45-48-72-66-31-8-5-25-60(66)63-28-11-14-34-69(63)75(72)51-57/h1-54H. The van der Waals surface area contributed by atoms with E-state index in [0.717, 1.165) is 22.7 Å². The molecule has 22 rings (SSSR count). The Bertz CT molecular complexity index is 6370. The molecule has 6 heteroatoms. The molecule has 18 aromatic rings. The second-order valence-corrected chi connectivity index (χ2v) is 26.5. The van der Waals surface area contributed by atoms with E-state index in [1.165, 1.54) is 175 Å². The molecule has 440 valence electrons. The lowest BCUT2D eigenvalue weighted by Crippen LogP contribution is -2.65. The van der Waals surface area contributed by atoms with E-state index < -0.39 is 0 Å². The quantitative estimate of drug-likeness (QED) is 0.129. The van der Waals surface area contributed by atoms with Crippen molar-refractivity contribution in [1.29, 1.82) is 0 Å². The van der Waals surface area contributed by atoms with E-state index in [1.54, 1.807) is 0 Å². The van der Waals surface area contributed by atoms with E-state index in [0.29, 0.717) is 0 Å². The maximum Gasteiger partial charge on any atom is 0.252 e. The van der Waals surface area contributed by atoms with Crippen LogP contribution in [0.25, 0.3) is 97.0 Å². The van der Waals surface area contributed by atoms with Gasteiger partial charge in [-0.15, -0.1) is 0 Å². The molecule has 4 nitrogen and oxygen atoms in total. The number of fused-ring (bicyclic) bond motifs is 26. The SMILES string of the molecule is c1ccc(N2c3cc4c(cc3B3c5ccccc5N(c5ccc6c7ccccc7c7ccccc7c6c5)c5cccc2c53)B2c3ccccc3N(c3ccc5c6ccccc6c6ccccc6c5c3)c3cccc(c32)N4c2ccc3c4ccccc4c4ccccc4c3c2)cc1. The lowest BCUT2D eigenvalue weighted by atomic mass is 9.30. The molecule has 0 aliphatic carbocycles. The van der Waals surface area contributed by atoms with Crippen molar-refractivity contribution in [2.24, 2.45) is 0 Å². The van der Waals surface area contributed by atoms with Gasteiger partial charge in [-0.3, -0.25) is 0 Å². The summed E-state index contributed by atoms with van der Waals surface area (Å²) in [6, 6.07) is 124. The van der Waals surface area contributed by atoms with Gasteiger partial charge >= 0.3 is 0 Å². The fourth-order valence-electron chi connectivity index (χ4n) is 18.1. The molecule has 0 aromatic heterocycles. The Balaban J connectivity index is 0.815. The van der Waals surface area contributed by atoms with Crippen LogP contribution >= 0.6 is 0 Å². The third-order valence-corrected chi connectivity index (χ3v) is 21.9. The van der Waals surface area contributed by atoms with Crippen molar-refractivity contribution >= 4 is 211 Å². The first-order valence-corrected chi connectivity index (χ1v) is 33.6. The number of nitrogens with zero attached hydrogens (tertiary/aromatic N) is 4. The highest BCUT2D eigenvalue weighted by atomic mass is 15.2. The van der Waals surface area contributed by atoms with Crippen LogP contribution in [-0.2, 0) is 0 Å². The van der Waals surface area contributed by atoms with Gasteiger partial charge in [-0.25, -0.2) is 0 Å². The van der Waals surface area contributed by atoms with Gasteiger partial charge in [0.25, 0.3) is 13.4 Å². The Morgan fingerprint density at radius 3 is 0.729 bits per heavy atom. The van der Waals surface area contributed by atoms with E-state index in [2.05, 4.69) is 347 Å². The van der Waals surface area contributed by atoms with Crippen LogP contribution in [0.5, 0.6) is 0 Å². The van der Waals surface area contributed by atoms with E-state index >= 15 is 0 Å². The van der Waals surface area contributed by atoms with Crippen LogP contribution in [0.15, 0.2) is 328 Å². The Morgan fingerprint density at radius 1 is 0.146 bits per heavy atom. The van der Waals surface area contributed by atoms with E-state index in [-0.39, 0.29) is 13.4 Å². The molecule has 18 aromatic carbocycles. The average Bonchev–Trinajstić information content (AvgIpc) is 0.686. The highest BCUT2D eigenvalue weighted by Crippen LogP contribution is 2.51. The molecule has 0 amide bonds. The highest BCUT2D eigenvalue weighted by Gasteiger charge is 2.48. The number of anilines is 12. The molecule has 0 radical (unpaired) electrons. The minimum atomic E-state index is -0.128. The minimum absolute atomic E-state index is 0.113. The Kier molecular flexibility index (Phi) is 10.6. The van der Waals surface area contributed by atoms with Crippen LogP contribution in [0.4, 0.5) is 68.2 Å². The molecule has 96 heavy (non-hydrogen) atoms. The predicted molar refractivity (Wildman–Crippen MR) is 412 cm³/mol. The first kappa shape index (κ1) is 52.2. The molecular formula is C90H54B2N4. The van der Waals surface area contributed by atoms with Gasteiger partial charge in [-0.1, -0.05) is 237 Å². The van der Waals surface area contributed by atoms with E-state index in [9.17, 15) is 0 Å². The second kappa shape index (κ2) is 19.6. The normalized spacial score (nSPS) is 13.5. The zero-order chi connectivity index (χ0) is 62.4. The van der Waals surface area contributed by atoms with Crippen molar-refractivity contribution < 1.29 is 0 Å². The lowest BCUT2D eigenvalue weighted by Gasteiger charge is -2.47. The summed E-state index contributed by atoms with van der Waals surface area (Å²) in [5.74, 6) is 0. The maximum atomic E-state index is 2.66. The van der Waals surface area contributed by atoms with Gasteiger partial charge < -0.3 is 19.6 Å². The van der Waals surface area contributed by atoms with Crippen LogP contribution < -0.4 is 52.4 Å². The van der Waals surface area contributed by atoms with Gasteiger partial charge in [0.15, 0.2) is 0 Å². The van der Waals surface area contributed by atoms with Crippen molar-refractivity contribution in [1.82, 2.24) is 0 Å². The smallest absolute Gasteiger partial charge is 0.252 e. The first-order chi connectivity index (χ1) is 47.7. The van der Waals surface area contributed by atoms with E-state index in [1.807, 2.05) is 0 Å². The van der Waals surface area contributed by atoms with Crippen LogP contribution in [0.1, 0.15) is 0 Å². The van der Waals surface area contributed by atoms with Gasteiger partial charge in [-0.2, -0.15) is 0 Å². The predicted octanol–water partition coefficient (Wildman–Crippen LogP) is 20.2. The Morgan fingerprint density at radius 2 is 0.396 bits per heavy atom. The summed E-state index contributed by atoms with van der Waals surface area (Å²) in [5.41, 5.74) is 21.6. The van der Waals surface area contributed by atoms with Gasteiger partial charge in [0, 0.05) is 68.2 Å². The number of para-hydroxylation sites is 3. The summed E-state index contributed by atoms with van der Waals surface area (Å²) in [4.78, 5) is 10.3. The molecule has 4 heterocycles. The summed E-state index contributed by atoms with van der Waals surface area (Å²) in [7, 11) is 0. The van der Waals surface area contributed by atoms with Crippen LogP contribution in [0, 0.1) is 0 Å². The number of hydrogen-bond acceptors (Lipinski definition) is 4. The molecule has 0 saturated carbocycles. The average molecular weight is 1210 g/mol. The van der Waals surface area contributed by atoms with Crippen molar-refractivity contribution in [3.8, 4) is 0 Å². The van der Waals surface area contributed by atoms with Crippen molar-refractivity contribution in [3.63, 3.8) is 0 Å². The molecule has 0 bridgehead atoms. The van der Waals surface area contributed by atoms with Gasteiger partial charge in [0.2, 0.25) is 0 Å². The molecule has 4 aliphatic heterocycles. The topological polar surface area (TPSA) is 13.0 Å². The summed E-state index contributed by atoms with van der Waals surface area (Å²) in [6.07, 6.45) is 0. The number of hydrogen-bond donors (Lipinski definition) is 0. The maximum absolute atomic E-state index is 2.66. The van der Waals surface area contributed by atoms with Crippen molar-refractivity contribution in [2.45, 2.75) is 0 Å². The van der Waals surface area contributed by atoms with Crippen LogP contribution in [0.2, 0.25) is 0 Å². The van der Waals surface area contributed by atoms with Gasteiger partial charge in [0.1, 0.15) is 0 Å². The zero-order valence-electron chi connectivity index (χ0n) is 52.1. The van der Waals surface area contributed by atoms with Crippen molar-refractivity contribution in [3.05, 3.63) is 328 Å². The number of benzene rings is 18. The molecule has 0 N–H and O–H groups in total. The fourth-order valence-corrected chi connectivity index (χ4v) is 18.1. The van der Waals surface area contributed by atoms with Crippen LogP contribution in [-0.4, -0.2) is 13.4 Å². The summed E-state index contributed by atoms with van der Waals surface area (Å²) >= 11 is 0. The van der Waals surface area contributed by atoms with Crippen molar-refractivity contribution in [2.75, 3.05) is 19.6 Å². The molecular weight excluding hydrogens is 1160 g/mol. The first-order valence-electron chi connectivity index (χ1n) is 33.6. The minimum Gasteiger partial charge on any atom is -0.311 e. The third kappa shape index (κ3) is 7.04. The van der Waals surface area contributed by atoms with Crippen LogP contribution in [0.3, 0.4) is 0 Å². The fraction of sp³-hybridized carbons (Fsp3) is 0. The monoisotopic (exact) mass is 1210 g/mol. The third-order valence-electron chi connectivity index (χ3n) is 21.9. The molecule has 0 atom stereocenters. The molecule has 0 unspecified atom stereocenters. The summed E-state index contributed by atoms with van der Waals surface area (Å²) < 4.78 is 0. The van der Waals surface area contributed by atoms with E-state index in [4.69, 9.17) is 0 Å². The van der Waals surface area contributed by atoms with Gasteiger partial charge in [-0.05, 0) is 221 Å². The lowest BCUT2D eigenvalue weighted by molar-refractivity contribution is 1.24. The number of rotatable bonds is 4. The van der Waals surface area contributed by atoms with Gasteiger partial charge in [0.05, 0.1) is 0 Å². The summed E-state index contributed by atoms with van der Waals surface area (Å²) in [5, 5.41) is 22.7. The Labute approximate surface area is 555 Å². The Hall–Kier alpha value is -12.4. The largest absolute Gasteiger partial charge is 0.311 e. The molecule has 0 fully saturated rings.